The van der Waals surface area contributed by atoms with E-state index in [1.807, 2.05) is 19.1 Å². The number of rotatable bonds is 2. The highest BCUT2D eigenvalue weighted by Crippen LogP contribution is 2.41. The van der Waals surface area contributed by atoms with E-state index in [2.05, 4.69) is 10.3 Å². The first kappa shape index (κ1) is 15.6. The Morgan fingerprint density at radius 3 is 2.60 bits per heavy atom. The third-order valence-electron chi connectivity index (χ3n) is 4.71. The van der Waals surface area contributed by atoms with Crippen LogP contribution in [0, 0.1) is 5.92 Å². The van der Waals surface area contributed by atoms with E-state index in [-0.39, 0.29) is 17.9 Å². The molecule has 1 atom stereocenters. The highest BCUT2D eigenvalue weighted by Gasteiger charge is 2.40. The Morgan fingerprint density at radius 2 is 2.00 bits per heavy atom. The molecule has 1 aliphatic heterocycles. The van der Waals surface area contributed by atoms with E-state index in [1.165, 1.54) is 4.90 Å². The third-order valence-corrected chi connectivity index (χ3v) is 4.71. The van der Waals surface area contributed by atoms with Crippen LogP contribution in [0.5, 0.6) is 0 Å². The molecule has 0 bridgehead atoms. The molecule has 0 spiro atoms. The Bertz CT molecular complexity index is 858. The van der Waals surface area contributed by atoms with Gasteiger partial charge in [0.2, 0.25) is 5.91 Å². The molecule has 0 radical (unpaired) electrons. The van der Waals surface area contributed by atoms with Gasteiger partial charge in [0.1, 0.15) is 5.69 Å². The number of anilines is 2. The fraction of sp³-hybridized carbons (Fsp3) is 0.412. The molecular formula is C17H19N5O3. The molecule has 8 heteroatoms. The Balaban J connectivity index is 1.82. The smallest absolute Gasteiger partial charge is 0.412 e. The minimum Gasteiger partial charge on any atom is -0.465 e. The highest BCUT2D eigenvalue weighted by atomic mass is 16.4. The maximum Gasteiger partial charge on any atom is 0.412 e. The van der Waals surface area contributed by atoms with Gasteiger partial charge in [-0.3, -0.25) is 14.4 Å². The van der Waals surface area contributed by atoms with Crippen LogP contribution in [0.3, 0.4) is 0 Å². The summed E-state index contributed by atoms with van der Waals surface area (Å²) in [6, 6.07) is 5.10. The molecule has 1 saturated carbocycles. The molecule has 1 fully saturated rings. The quantitative estimate of drug-likeness (QED) is 0.903. The second kappa shape index (κ2) is 5.58. The number of carboxylic acid groups (broad SMARTS) is 1. The van der Waals surface area contributed by atoms with Gasteiger partial charge in [-0.15, -0.1) is 5.10 Å². The SMILES string of the molecule is C[C@H]1CN(C(=O)C2CC2)c2cc(-c3cn(C)nn3)ccc2N1C(=O)O. The molecule has 0 unspecified atom stereocenters. The van der Waals surface area contributed by atoms with Crippen LogP contribution in [-0.4, -0.2) is 44.7 Å². The van der Waals surface area contributed by atoms with Gasteiger partial charge in [-0.1, -0.05) is 11.3 Å². The number of carbonyl (C=O) groups is 2. The lowest BCUT2D eigenvalue weighted by Gasteiger charge is -2.40. The van der Waals surface area contributed by atoms with Crippen LogP contribution in [-0.2, 0) is 11.8 Å². The Kier molecular flexibility index (Phi) is 3.48. The van der Waals surface area contributed by atoms with Crippen molar-refractivity contribution in [2.45, 2.75) is 25.8 Å². The number of fused-ring (bicyclic) bond motifs is 1. The van der Waals surface area contributed by atoms with Crippen molar-refractivity contribution >= 4 is 23.4 Å². The average molecular weight is 341 g/mol. The molecule has 130 valence electrons. The molecule has 2 amide bonds. The molecule has 4 rings (SSSR count). The first-order valence-corrected chi connectivity index (χ1v) is 8.30. The summed E-state index contributed by atoms with van der Waals surface area (Å²) >= 11 is 0. The van der Waals surface area contributed by atoms with Gasteiger partial charge in [0.05, 0.1) is 23.6 Å². The van der Waals surface area contributed by atoms with E-state index in [0.29, 0.717) is 23.6 Å². The lowest BCUT2D eigenvalue weighted by atomic mass is 10.0. The predicted octanol–water partition coefficient (Wildman–Crippen LogP) is 2.11. The fourth-order valence-corrected chi connectivity index (χ4v) is 3.31. The van der Waals surface area contributed by atoms with E-state index in [4.69, 9.17) is 0 Å². The number of hydrogen-bond donors (Lipinski definition) is 1. The van der Waals surface area contributed by atoms with Gasteiger partial charge >= 0.3 is 6.09 Å². The van der Waals surface area contributed by atoms with Crippen molar-refractivity contribution in [2.24, 2.45) is 13.0 Å². The van der Waals surface area contributed by atoms with Crippen LogP contribution in [0.2, 0.25) is 0 Å². The predicted molar refractivity (Wildman–Crippen MR) is 91.5 cm³/mol. The summed E-state index contributed by atoms with van der Waals surface area (Å²) in [5, 5.41) is 17.6. The molecule has 8 nitrogen and oxygen atoms in total. The van der Waals surface area contributed by atoms with Gasteiger partial charge in [0, 0.05) is 25.1 Å². The maximum absolute atomic E-state index is 12.7. The Labute approximate surface area is 144 Å². The van der Waals surface area contributed by atoms with E-state index in [1.54, 1.807) is 28.9 Å². The number of aromatic nitrogens is 3. The average Bonchev–Trinajstić information content (AvgIpc) is 3.34. The summed E-state index contributed by atoms with van der Waals surface area (Å²) in [6.07, 6.45) is 2.59. The van der Waals surface area contributed by atoms with Crippen molar-refractivity contribution in [3.05, 3.63) is 24.4 Å². The zero-order valence-electron chi connectivity index (χ0n) is 14.1. The Morgan fingerprint density at radius 1 is 1.24 bits per heavy atom. The summed E-state index contributed by atoms with van der Waals surface area (Å²) in [5.41, 5.74) is 2.65. The summed E-state index contributed by atoms with van der Waals surface area (Å²) in [5.74, 6) is 0.144. The summed E-state index contributed by atoms with van der Waals surface area (Å²) < 4.78 is 1.60. The van der Waals surface area contributed by atoms with Gasteiger partial charge in [0.25, 0.3) is 0 Å². The number of benzene rings is 1. The molecular weight excluding hydrogens is 322 g/mol. The number of aryl methyl sites for hydroxylation is 1. The minimum absolute atomic E-state index is 0.0663. The normalized spacial score (nSPS) is 19.7. The molecule has 2 aliphatic rings. The van der Waals surface area contributed by atoms with Gasteiger partial charge < -0.3 is 10.0 Å². The van der Waals surface area contributed by atoms with Gasteiger partial charge in [-0.2, -0.15) is 0 Å². The topological polar surface area (TPSA) is 91.6 Å². The number of hydrogen-bond acceptors (Lipinski definition) is 4. The first-order valence-electron chi connectivity index (χ1n) is 8.30. The second-order valence-electron chi connectivity index (χ2n) is 6.71. The fourth-order valence-electron chi connectivity index (χ4n) is 3.31. The van der Waals surface area contributed by atoms with Gasteiger partial charge in [-0.05, 0) is 31.9 Å². The molecule has 25 heavy (non-hydrogen) atoms. The molecule has 1 N–H and O–H groups in total. The maximum atomic E-state index is 12.7. The summed E-state index contributed by atoms with van der Waals surface area (Å²) in [7, 11) is 1.78. The van der Waals surface area contributed by atoms with Crippen molar-refractivity contribution in [1.29, 1.82) is 0 Å². The van der Waals surface area contributed by atoms with Crippen molar-refractivity contribution in [2.75, 3.05) is 16.3 Å². The van der Waals surface area contributed by atoms with Gasteiger partial charge in [0.15, 0.2) is 0 Å². The Hall–Kier alpha value is -2.90. The summed E-state index contributed by atoms with van der Waals surface area (Å²) in [4.78, 5) is 27.5. The van der Waals surface area contributed by atoms with Crippen molar-refractivity contribution in [3.8, 4) is 11.3 Å². The van der Waals surface area contributed by atoms with Crippen LogP contribution in [0.15, 0.2) is 24.4 Å². The van der Waals surface area contributed by atoms with E-state index in [0.717, 1.165) is 18.4 Å². The lowest BCUT2D eigenvalue weighted by molar-refractivity contribution is -0.119. The number of carbonyl (C=O) groups excluding carboxylic acids is 1. The second-order valence-corrected chi connectivity index (χ2v) is 6.71. The van der Waals surface area contributed by atoms with E-state index in [9.17, 15) is 14.7 Å². The third kappa shape index (κ3) is 2.63. The minimum atomic E-state index is -1.01. The molecule has 1 aliphatic carbocycles. The molecule has 2 aromatic rings. The van der Waals surface area contributed by atoms with E-state index >= 15 is 0 Å². The molecule has 2 heterocycles. The van der Waals surface area contributed by atoms with Crippen LogP contribution < -0.4 is 9.80 Å². The van der Waals surface area contributed by atoms with Crippen molar-refractivity contribution in [1.82, 2.24) is 15.0 Å². The lowest BCUT2D eigenvalue weighted by Crippen LogP contribution is -2.52. The molecule has 0 saturated heterocycles. The molecule has 1 aromatic heterocycles. The monoisotopic (exact) mass is 341 g/mol. The van der Waals surface area contributed by atoms with Crippen LogP contribution >= 0.6 is 0 Å². The standard InChI is InChI=1S/C17H19N5O3/c1-10-8-21(16(23)11-3-4-11)15-7-12(13-9-20(2)19-18-13)5-6-14(15)22(10)17(24)25/h5-7,9-11H,3-4,8H2,1-2H3,(H,24,25)/t10-/m0/s1. The molecule has 1 aromatic carbocycles. The van der Waals surface area contributed by atoms with Crippen molar-refractivity contribution < 1.29 is 14.7 Å². The van der Waals surface area contributed by atoms with Gasteiger partial charge in [-0.25, -0.2) is 4.79 Å². The van der Waals surface area contributed by atoms with Crippen molar-refractivity contribution in [3.63, 3.8) is 0 Å². The first-order chi connectivity index (χ1) is 12.0. The number of amides is 2. The van der Waals surface area contributed by atoms with Crippen LogP contribution in [0.25, 0.3) is 11.3 Å². The number of nitrogens with zero attached hydrogens (tertiary/aromatic N) is 5. The zero-order valence-corrected chi connectivity index (χ0v) is 14.1. The van der Waals surface area contributed by atoms with Crippen LogP contribution in [0.1, 0.15) is 19.8 Å². The zero-order chi connectivity index (χ0) is 17.7. The highest BCUT2D eigenvalue weighted by molar-refractivity contribution is 6.04. The van der Waals surface area contributed by atoms with Crippen LogP contribution in [0.4, 0.5) is 16.2 Å². The summed E-state index contributed by atoms with van der Waals surface area (Å²) in [6.45, 7) is 2.18. The van der Waals surface area contributed by atoms with E-state index < -0.39 is 6.09 Å². The largest absolute Gasteiger partial charge is 0.465 e.